The van der Waals surface area contributed by atoms with Crippen LogP contribution in [0, 0.1) is 22.7 Å². The van der Waals surface area contributed by atoms with Crippen LogP contribution >= 0.6 is 0 Å². The summed E-state index contributed by atoms with van der Waals surface area (Å²) in [6.07, 6.45) is 7.66. The molecule has 0 aliphatic heterocycles. The summed E-state index contributed by atoms with van der Waals surface area (Å²) in [6.45, 7) is 13.4. The van der Waals surface area contributed by atoms with Crippen molar-refractivity contribution in [3.63, 3.8) is 0 Å². The van der Waals surface area contributed by atoms with Crippen LogP contribution < -0.4 is 0 Å². The Morgan fingerprint density at radius 1 is 1.36 bits per heavy atom. The van der Waals surface area contributed by atoms with Crippen LogP contribution in [0.4, 0.5) is 0 Å². The summed E-state index contributed by atoms with van der Waals surface area (Å²) in [4.78, 5) is 12.4. The average molecular weight is 304 g/mol. The highest BCUT2D eigenvalue weighted by Crippen LogP contribution is 2.60. The van der Waals surface area contributed by atoms with Crippen LogP contribution in [-0.4, -0.2) is 17.5 Å². The molecule has 0 saturated heterocycles. The number of rotatable bonds is 4. The Morgan fingerprint density at radius 2 is 2.05 bits per heavy atom. The van der Waals surface area contributed by atoms with E-state index in [4.69, 9.17) is 5.11 Å². The molecule has 3 atom stereocenters. The Labute approximate surface area is 135 Å². The van der Waals surface area contributed by atoms with E-state index in [1.165, 1.54) is 17.6 Å². The second-order valence-corrected chi connectivity index (χ2v) is 8.46. The second kappa shape index (κ2) is 6.31. The van der Waals surface area contributed by atoms with Gasteiger partial charge in [0.1, 0.15) is 5.78 Å². The lowest BCUT2D eigenvalue weighted by molar-refractivity contribution is -0.138. The van der Waals surface area contributed by atoms with Crippen LogP contribution in [-0.2, 0) is 4.79 Å². The maximum Gasteiger partial charge on any atom is 0.134 e. The summed E-state index contributed by atoms with van der Waals surface area (Å²) in [5.41, 5.74) is 2.75. The van der Waals surface area contributed by atoms with Gasteiger partial charge in [-0.2, -0.15) is 0 Å². The number of carbonyl (C=O) groups excluding carboxylic acids is 1. The molecule has 0 aromatic carbocycles. The highest BCUT2D eigenvalue weighted by molar-refractivity contribution is 5.81. The van der Waals surface area contributed by atoms with Gasteiger partial charge in [-0.1, -0.05) is 44.6 Å². The number of ketones is 1. The third-order valence-corrected chi connectivity index (χ3v) is 6.28. The first-order chi connectivity index (χ1) is 10.2. The first-order valence-corrected chi connectivity index (χ1v) is 8.66. The molecule has 2 fully saturated rings. The van der Waals surface area contributed by atoms with Crippen molar-refractivity contribution in [2.45, 2.75) is 66.2 Å². The summed E-state index contributed by atoms with van der Waals surface area (Å²) < 4.78 is 0. The third kappa shape index (κ3) is 3.22. The number of hydrogen-bond donors (Lipinski definition) is 1. The predicted molar refractivity (Wildman–Crippen MR) is 91.6 cm³/mol. The zero-order valence-electron chi connectivity index (χ0n) is 14.7. The Bertz CT molecular complexity index is 486. The minimum atomic E-state index is 0.0632. The SMILES string of the molecule is C=C1CCC2C(C)(C)CC(=O)CC2(C)C1CCC(C)=CCO. The fraction of sp³-hybridized carbons (Fsp3) is 0.750. The van der Waals surface area contributed by atoms with Crippen molar-refractivity contribution in [1.82, 2.24) is 0 Å². The minimum Gasteiger partial charge on any atom is -0.392 e. The average Bonchev–Trinajstić information content (AvgIpc) is 2.35. The molecular formula is C20H32O2. The second-order valence-electron chi connectivity index (χ2n) is 8.46. The molecule has 0 spiro atoms. The Morgan fingerprint density at radius 3 is 2.68 bits per heavy atom. The van der Waals surface area contributed by atoms with Crippen molar-refractivity contribution in [3.05, 3.63) is 23.8 Å². The number of allylic oxidation sites excluding steroid dienone is 2. The Hall–Kier alpha value is -0.890. The van der Waals surface area contributed by atoms with Crippen molar-refractivity contribution < 1.29 is 9.90 Å². The van der Waals surface area contributed by atoms with Gasteiger partial charge >= 0.3 is 0 Å². The summed E-state index contributed by atoms with van der Waals surface area (Å²) in [7, 11) is 0. The molecule has 22 heavy (non-hydrogen) atoms. The molecule has 0 bridgehead atoms. The van der Waals surface area contributed by atoms with Gasteiger partial charge in [-0.25, -0.2) is 0 Å². The molecule has 0 amide bonds. The highest BCUT2D eigenvalue weighted by Gasteiger charge is 2.54. The monoisotopic (exact) mass is 304 g/mol. The van der Waals surface area contributed by atoms with E-state index < -0.39 is 0 Å². The number of carbonyl (C=O) groups is 1. The molecule has 3 unspecified atom stereocenters. The number of aliphatic hydroxyl groups is 1. The van der Waals surface area contributed by atoms with Crippen LogP contribution in [0.15, 0.2) is 23.8 Å². The van der Waals surface area contributed by atoms with Gasteiger partial charge in [0.05, 0.1) is 6.61 Å². The first-order valence-electron chi connectivity index (χ1n) is 8.66. The van der Waals surface area contributed by atoms with E-state index >= 15 is 0 Å². The molecule has 2 nitrogen and oxygen atoms in total. The van der Waals surface area contributed by atoms with Crippen molar-refractivity contribution >= 4 is 5.78 Å². The molecule has 2 heteroatoms. The summed E-state index contributed by atoms with van der Waals surface area (Å²) in [5.74, 6) is 1.46. The van der Waals surface area contributed by atoms with Crippen LogP contribution in [0.3, 0.4) is 0 Å². The standard InChI is InChI=1S/C20H32O2/c1-14(10-11-21)6-8-17-15(2)7-9-18-19(3,4)12-16(22)13-20(17,18)5/h10,17-18,21H,2,6-9,11-13H2,1,3-5H3. The molecule has 0 aromatic heterocycles. The summed E-state index contributed by atoms with van der Waals surface area (Å²) in [6, 6.07) is 0. The quantitative estimate of drug-likeness (QED) is 0.765. The van der Waals surface area contributed by atoms with Gasteiger partial charge in [0.25, 0.3) is 0 Å². The molecule has 0 radical (unpaired) electrons. The van der Waals surface area contributed by atoms with Gasteiger partial charge in [-0.3, -0.25) is 4.79 Å². The molecule has 0 aromatic rings. The van der Waals surface area contributed by atoms with Gasteiger partial charge < -0.3 is 5.11 Å². The normalized spacial score (nSPS) is 35.4. The number of Topliss-reactive ketones (excluding diaryl/α,β-unsaturated/α-hetero) is 1. The third-order valence-electron chi connectivity index (χ3n) is 6.28. The molecule has 2 aliphatic carbocycles. The van der Waals surface area contributed by atoms with Gasteiger partial charge in [0.2, 0.25) is 0 Å². The van der Waals surface area contributed by atoms with Crippen LogP contribution in [0.1, 0.15) is 66.2 Å². The van der Waals surface area contributed by atoms with Gasteiger partial charge in [0.15, 0.2) is 0 Å². The predicted octanol–water partition coefficient (Wildman–Crippen LogP) is 4.68. The van der Waals surface area contributed by atoms with Crippen LogP contribution in [0.25, 0.3) is 0 Å². The Kier molecular flexibility index (Phi) is 5.01. The fourth-order valence-corrected chi connectivity index (χ4v) is 5.36. The first kappa shape index (κ1) is 17.5. The summed E-state index contributed by atoms with van der Waals surface area (Å²) in [5, 5.41) is 9.03. The van der Waals surface area contributed by atoms with E-state index in [-0.39, 0.29) is 17.4 Å². The molecule has 2 aliphatic rings. The highest BCUT2D eigenvalue weighted by atomic mass is 16.2. The molecule has 0 heterocycles. The van der Waals surface area contributed by atoms with Gasteiger partial charge in [-0.05, 0) is 55.3 Å². The topological polar surface area (TPSA) is 37.3 Å². The molecule has 2 saturated carbocycles. The fourth-order valence-electron chi connectivity index (χ4n) is 5.36. The van der Waals surface area contributed by atoms with E-state index in [0.29, 0.717) is 24.0 Å². The maximum atomic E-state index is 12.4. The number of aliphatic hydroxyl groups excluding tert-OH is 1. The largest absolute Gasteiger partial charge is 0.392 e. The van der Waals surface area contributed by atoms with Crippen molar-refractivity contribution in [1.29, 1.82) is 0 Å². The van der Waals surface area contributed by atoms with E-state index in [1.54, 1.807) is 0 Å². The maximum absolute atomic E-state index is 12.4. The Balaban J connectivity index is 2.25. The zero-order chi connectivity index (χ0) is 16.5. The lowest BCUT2D eigenvalue weighted by atomic mass is 9.47. The smallest absolute Gasteiger partial charge is 0.134 e. The van der Waals surface area contributed by atoms with Gasteiger partial charge in [0, 0.05) is 12.8 Å². The minimum absolute atomic E-state index is 0.0632. The lowest BCUT2D eigenvalue weighted by Crippen LogP contribution is -2.52. The lowest BCUT2D eigenvalue weighted by Gasteiger charge is -2.57. The zero-order valence-corrected chi connectivity index (χ0v) is 14.7. The van der Waals surface area contributed by atoms with Crippen molar-refractivity contribution in [2.75, 3.05) is 6.61 Å². The van der Waals surface area contributed by atoms with E-state index in [0.717, 1.165) is 25.7 Å². The number of fused-ring (bicyclic) bond motifs is 1. The van der Waals surface area contributed by atoms with Crippen LogP contribution in [0.2, 0.25) is 0 Å². The van der Waals surface area contributed by atoms with Crippen molar-refractivity contribution in [2.24, 2.45) is 22.7 Å². The van der Waals surface area contributed by atoms with Crippen LogP contribution in [0.5, 0.6) is 0 Å². The molecule has 1 N–H and O–H groups in total. The molecular weight excluding hydrogens is 272 g/mol. The van der Waals surface area contributed by atoms with E-state index in [2.05, 4.69) is 34.3 Å². The van der Waals surface area contributed by atoms with Gasteiger partial charge in [-0.15, -0.1) is 0 Å². The summed E-state index contributed by atoms with van der Waals surface area (Å²) >= 11 is 0. The number of hydrogen-bond acceptors (Lipinski definition) is 2. The molecule has 124 valence electrons. The van der Waals surface area contributed by atoms with Crippen molar-refractivity contribution in [3.8, 4) is 0 Å². The van der Waals surface area contributed by atoms with E-state index in [1.807, 2.05) is 6.08 Å². The molecule has 2 rings (SSSR count). The van der Waals surface area contributed by atoms with E-state index in [9.17, 15) is 4.79 Å².